The van der Waals surface area contributed by atoms with Crippen LogP contribution in [0.25, 0.3) is 0 Å². The second kappa shape index (κ2) is 9.12. The Labute approximate surface area is 208 Å². The van der Waals surface area contributed by atoms with E-state index >= 15 is 8.78 Å². The standard InChI is InChI=1S/C27H28F2N2O4S/c1-3-18-13-27(14-18,25-15-30-26(32)35-25)21-12-22(28)20(11-23(21)29)16-31-17(2)9-10-24(36(31,33)34)19-7-5-4-6-8-19/h3-8,11-12,15,17-18,24H,1,9-10,13-14,16H2,2H3,(H,30,32)/t17-,18-,24+,27+/m0/s1. The van der Waals surface area contributed by atoms with E-state index in [1.54, 1.807) is 37.3 Å². The Kier molecular flexibility index (Phi) is 6.24. The number of aromatic nitrogens is 1. The minimum absolute atomic E-state index is 0.0364. The maximum atomic E-state index is 15.6. The molecule has 0 bridgehead atoms. The lowest BCUT2D eigenvalue weighted by atomic mass is 9.57. The summed E-state index contributed by atoms with van der Waals surface area (Å²) in [6, 6.07) is 10.8. The van der Waals surface area contributed by atoms with Crippen LogP contribution in [-0.2, 0) is 22.0 Å². The summed E-state index contributed by atoms with van der Waals surface area (Å²) in [6.07, 6.45) is 5.05. The van der Waals surface area contributed by atoms with Gasteiger partial charge in [0, 0.05) is 29.9 Å². The molecular weight excluding hydrogens is 486 g/mol. The maximum Gasteiger partial charge on any atom is 0.416 e. The van der Waals surface area contributed by atoms with Gasteiger partial charge >= 0.3 is 5.76 Å². The Morgan fingerprint density at radius 3 is 2.53 bits per heavy atom. The Hall–Kier alpha value is -3.04. The topological polar surface area (TPSA) is 83.4 Å². The molecule has 190 valence electrons. The van der Waals surface area contributed by atoms with E-state index in [2.05, 4.69) is 11.6 Å². The number of halogens is 2. The van der Waals surface area contributed by atoms with Gasteiger partial charge in [-0.1, -0.05) is 36.4 Å². The van der Waals surface area contributed by atoms with E-state index in [1.165, 1.54) is 10.5 Å². The monoisotopic (exact) mass is 514 g/mol. The first-order chi connectivity index (χ1) is 17.2. The first-order valence-corrected chi connectivity index (χ1v) is 13.5. The molecule has 6 nitrogen and oxygen atoms in total. The number of aromatic amines is 1. The molecule has 2 aliphatic rings. The summed E-state index contributed by atoms with van der Waals surface area (Å²) in [4.78, 5) is 14.1. The van der Waals surface area contributed by atoms with Gasteiger partial charge in [-0.15, -0.1) is 6.58 Å². The number of nitrogens with zero attached hydrogens (tertiary/aromatic N) is 1. The lowest BCUT2D eigenvalue weighted by Gasteiger charge is -2.45. The summed E-state index contributed by atoms with van der Waals surface area (Å²) in [6.45, 7) is 5.30. The van der Waals surface area contributed by atoms with Crippen molar-refractivity contribution >= 4 is 10.0 Å². The average molecular weight is 515 g/mol. The molecule has 3 aromatic rings. The van der Waals surface area contributed by atoms with Crippen LogP contribution >= 0.6 is 0 Å². The molecular formula is C27H28F2N2O4S. The summed E-state index contributed by atoms with van der Waals surface area (Å²) in [5.41, 5.74) is -0.260. The Morgan fingerprint density at radius 1 is 1.17 bits per heavy atom. The van der Waals surface area contributed by atoms with E-state index in [9.17, 15) is 13.2 Å². The van der Waals surface area contributed by atoms with Gasteiger partial charge in [-0.25, -0.2) is 22.0 Å². The fraction of sp³-hybridized carbons (Fsp3) is 0.370. The number of oxazole rings is 1. The number of hydrogen-bond acceptors (Lipinski definition) is 4. The van der Waals surface area contributed by atoms with Crippen molar-refractivity contribution in [1.82, 2.24) is 9.29 Å². The molecule has 0 unspecified atom stereocenters. The SMILES string of the molecule is C=C[C@H]1C[C@](c2c[nH]c(=O)o2)(c2cc(F)c(CN3[C@@H](C)CC[C@H](c4ccccc4)S3(=O)=O)cc2F)C1. The Bertz CT molecular complexity index is 1440. The van der Waals surface area contributed by atoms with Gasteiger partial charge in [0.05, 0.1) is 5.41 Å². The van der Waals surface area contributed by atoms with E-state index in [4.69, 9.17) is 4.42 Å². The third kappa shape index (κ3) is 4.04. The molecule has 0 radical (unpaired) electrons. The Morgan fingerprint density at radius 2 is 1.89 bits per heavy atom. The molecule has 1 saturated heterocycles. The molecule has 1 saturated carbocycles. The number of H-pyrrole nitrogens is 1. The highest BCUT2D eigenvalue weighted by Crippen LogP contribution is 2.53. The number of sulfonamides is 1. The van der Waals surface area contributed by atoms with Crippen LogP contribution in [-0.4, -0.2) is 23.7 Å². The second-order valence-electron chi connectivity index (χ2n) is 9.87. The van der Waals surface area contributed by atoms with Crippen molar-refractivity contribution in [3.63, 3.8) is 0 Å². The predicted molar refractivity (Wildman–Crippen MR) is 132 cm³/mol. The number of nitrogens with one attached hydrogen (secondary N) is 1. The largest absolute Gasteiger partial charge is 0.416 e. The fourth-order valence-corrected chi connectivity index (χ4v) is 7.86. The van der Waals surface area contributed by atoms with Crippen molar-refractivity contribution < 1.29 is 21.6 Å². The zero-order chi connectivity index (χ0) is 25.7. The quantitative estimate of drug-likeness (QED) is 0.460. The van der Waals surface area contributed by atoms with Gasteiger partial charge in [-0.3, -0.25) is 4.98 Å². The number of hydrogen-bond donors (Lipinski definition) is 1. The van der Waals surface area contributed by atoms with Crippen LogP contribution < -0.4 is 5.76 Å². The molecule has 36 heavy (non-hydrogen) atoms. The summed E-state index contributed by atoms with van der Waals surface area (Å²) >= 11 is 0. The van der Waals surface area contributed by atoms with E-state index in [0.29, 0.717) is 31.2 Å². The lowest BCUT2D eigenvalue weighted by molar-refractivity contribution is 0.182. The van der Waals surface area contributed by atoms with Crippen LogP contribution in [0.1, 0.15) is 60.3 Å². The minimum Gasteiger partial charge on any atom is -0.412 e. The van der Waals surface area contributed by atoms with Crippen LogP contribution in [0, 0.1) is 17.6 Å². The first-order valence-electron chi connectivity index (χ1n) is 12.0. The third-order valence-corrected chi connectivity index (χ3v) is 10.1. The van der Waals surface area contributed by atoms with Gasteiger partial charge in [0.2, 0.25) is 10.0 Å². The highest BCUT2D eigenvalue weighted by Gasteiger charge is 2.50. The molecule has 2 fully saturated rings. The van der Waals surface area contributed by atoms with E-state index in [1.807, 2.05) is 6.07 Å². The molecule has 0 amide bonds. The number of benzene rings is 2. The molecule has 1 N–H and O–H groups in total. The molecule has 2 aromatic carbocycles. The van der Waals surface area contributed by atoms with Gasteiger partial charge in [0.25, 0.3) is 0 Å². The molecule has 5 rings (SSSR count). The summed E-state index contributed by atoms with van der Waals surface area (Å²) < 4.78 is 64.6. The molecule has 1 aliphatic heterocycles. The van der Waals surface area contributed by atoms with Crippen molar-refractivity contribution in [3.05, 3.63) is 106 Å². The third-order valence-electron chi connectivity index (χ3n) is 7.72. The van der Waals surface area contributed by atoms with Gasteiger partial charge < -0.3 is 4.42 Å². The van der Waals surface area contributed by atoms with Crippen LogP contribution in [0.15, 0.2) is 70.5 Å². The molecule has 2 heterocycles. The molecule has 9 heteroatoms. The molecule has 0 spiro atoms. The van der Waals surface area contributed by atoms with E-state index in [-0.39, 0.29) is 35.4 Å². The van der Waals surface area contributed by atoms with Crippen LogP contribution in [0.3, 0.4) is 0 Å². The predicted octanol–water partition coefficient (Wildman–Crippen LogP) is 5.18. The summed E-state index contributed by atoms with van der Waals surface area (Å²) in [7, 11) is -3.80. The van der Waals surface area contributed by atoms with Gasteiger partial charge in [0.1, 0.15) is 22.6 Å². The summed E-state index contributed by atoms with van der Waals surface area (Å²) in [5, 5.41) is -0.729. The number of rotatable bonds is 6. The van der Waals surface area contributed by atoms with E-state index < -0.39 is 38.1 Å². The van der Waals surface area contributed by atoms with Crippen molar-refractivity contribution in [2.75, 3.05) is 0 Å². The highest BCUT2D eigenvalue weighted by atomic mass is 32.2. The zero-order valence-electron chi connectivity index (χ0n) is 19.9. The van der Waals surface area contributed by atoms with Gasteiger partial charge in [0.15, 0.2) is 0 Å². The second-order valence-corrected chi connectivity index (χ2v) is 11.9. The van der Waals surface area contributed by atoms with Crippen molar-refractivity contribution in [2.24, 2.45) is 5.92 Å². The van der Waals surface area contributed by atoms with Crippen LogP contribution in [0.4, 0.5) is 8.78 Å². The van der Waals surface area contributed by atoms with Crippen molar-refractivity contribution in [2.45, 2.75) is 55.9 Å². The van der Waals surface area contributed by atoms with E-state index in [0.717, 1.165) is 12.1 Å². The van der Waals surface area contributed by atoms with Crippen LogP contribution in [0.5, 0.6) is 0 Å². The minimum atomic E-state index is -3.80. The van der Waals surface area contributed by atoms with Crippen molar-refractivity contribution in [1.29, 1.82) is 0 Å². The average Bonchev–Trinajstić information content (AvgIpc) is 3.25. The first kappa shape index (κ1) is 24.6. The Balaban J connectivity index is 1.49. The highest BCUT2D eigenvalue weighted by molar-refractivity contribution is 7.89. The van der Waals surface area contributed by atoms with Crippen molar-refractivity contribution in [3.8, 4) is 0 Å². The maximum absolute atomic E-state index is 15.6. The lowest BCUT2D eigenvalue weighted by Crippen LogP contribution is -2.45. The van der Waals surface area contributed by atoms with Crippen LogP contribution in [0.2, 0.25) is 0 Å². The van der Waals surface area contributed by atoms with Gasteiger partial charge in [-0.05, 0) is 56.2 Å². The molecule has 1 aromatic heterocycles. The number of allylic oxidation sites excluding steroid dienone is 1. The van der Waals surface area contributed by atoms with Gasteiger partial charge in [-0.2, -0.15) is 4.31 Å². The normalized spacial score (nSPS) is 27.9. The molecule has 1 aliphatic carbocycles. The smallest absolute Gasteiger partial charge is 0.412 e. The molecule has 2 atom stereocenters. The zero-order valence-corrected chi connectivity index (χ0v) is 20.7. The fourth-order valence-electron chi connectivity index (χ4n) is 5.67. The summed E-state index contributed by atoms with van der Waals surface area (Å²) in [5.74, 6) is -1.72.